The van der Waals surface area contributed by atoms with E-state index in [0.717, 1.165) is 16.7 Å². The highest BCUT2D eigenvalue weighted by molar-refractivity contribution is 5.94. The predicted octanol–water partition coefficient (Wildman–Crippen LogP) is 6.34. The van der Waals surface area contributed by atoms with Crippen molar-refractivity contribution in [1.29, 1.82) is 0 Å². The number of hydrogen-bond acceptors (Lipinski definition) is 5. The maximum absolute atomic E-state index is 14.0. The summed E-state index contributed by atoms with van der Waals surface area (Å²) >= 11 is 0. The number of hydrogen-bond donors (Lipinski definition) is 1. The number of pyridine rings is 1. The third-order valence-corrected chi connectivity index (χ3v) is 6.58. The normalized spacial score (nSPS) is 11.5. The summed E-state index contributed by atoms with van der Waals surface area (Å²) in [6.45, 7) is 2.27. The predicted molar refractivity (Wildman–Crippen MR) is 144 cm³/mol. The summed E-state index contributed by atoms with van der Waals surface area (Å²) in [5, 5.41) is 8.04. The van der Waals surface area contributed by atoms with Gasteiger partial charge in [0.1, 0.15) is 16.5 Å². The van der Waals surface area contributed by atoms with E-state index in [1.165, 1.54) is 6.07 Å². The van der Waals surface area contributed by atoms with Crippen LogP contribution in [0.4, 0.5) is 4.39 Å². The van der Waals surface area contributed by atoms with Crippen molar-refractivity contribution in [3.8, 4) is 17.3 Å². The number of rotatable bonds is 7. The van der Waals surface area contributed by atoms with E-state index in [4.69, 9.17) is 14.7 Å². The number of benzene rings is 3. The van der Waals surface area contributed by atoms with E-state index >= 15 is 0 Å². The van der Waals surface area contributed by atoms with Gasteiger partial charge in [-0.3, -0.25) is 5.10 Å². The minimum absolute atomic E-state index is 0.356. The van der Waals surface area contributed by atoms with Crippen LogP contribution < -0.4 is 4.74 Å². The summed E-state index contributed by atoms with van der Waals surface area (Å²) in [6.07, 6.45) is 0. The van der Waals surface area contributed by atoms with Gasteiger partial charge >= 0.3 is 0 Å². The van der Waals surface area contributed by atoms with Crippen LogP contribution in [0.2, 0.25) is 0 Å². The van der Waals surface area contributed by atoms with Crippen molar-refractivity contribution in [2.45, 2.75) is 12.3 Å². The minimum atomic E-state index is -0.855. The molecule has 0 unspecified atom stereocenters. The lowest BCUT2D eigenvalue weighted by Gasteiger charge is -2.34. The molecule has 3 heterocycles. The Kier molecular flexibility index (Phi) is 6.09. The molecule has 0 aliphatic heterocycles. The zero-order valence-electron chi connectivity index (χ0n) is 20.7. The van der Waals surface area contributed by atoms with Crippen molar-refractivity contribution < 1.29 is 9.13 Å². The molecule has 6 rings (SSSR count). The average molecular weight is 502 g/mol. The number of nitrogens with one attached hydrogen (secondary N) is 1. The Morgan fingerprint density at radius 1 is 0.711 bits per heavy atom. The van der Waals surface area contributed by atoms with Gasteiger partial charge in [0.25, 0.3) is 0 Å². The molecule has 38 heavy (non-hydrogen) atoms. The molecule has 1 N–H and O–H groups in total. The highest BCUT2D eigenvalue weighted by Crippen LogP contribution is 2.45. The number of H-pyrrole nitrogens is 1. The van der Waals surface area contributed by atoms with Crippen LogP contribution >= 0.6 is 0 Å². The van der Waals surface area contributed by atoms with Crippen molar-refractivity contribution in [1.82, 2.24) is 25.1 Å². The second-order valence-corrected chi connectivity index (χ2v) is 8.77. The third-order valence-electron chi connectivity index (χ3n) is 6.58. The van der Waals surface area contributed by atoms with Gasteiger partial charge in [-0.15, -0.1) is 0 Å². The second kappa shape index (κ2) is 9.86. The van der Waals surface area contributed by atoms with Gasteiger partial charge in [-0.2, -0.15) is 14.5 Å². The van der Waals surface area contributed by atoms with Crippen molar-refractivity contribution in [3.63, 3.8) is 0 Å². The number of fused-ring (bicyclic) bond motifs is 1. The van der Waals surface area contributed by atoms with Crippen LogP contribution in [-0.2, 0) is 5.41 Å². The van der Waals surface area contributed by atoms with Crippen LogP contribution in [0.1, 0.15) is 29.4 Å². The monoisotopic (exact) mass is 501 g/mol. The van der Waals surface area contributed by atoms with Crippen LogP contribution in [0.25, 0.3) is 22.4 Å². The van der Waals surface area contributed by atoms with E-state index in [1.807, 2.05) is 61.5 Å². The van der Waals surface area contributed by atoms with Crippen LogP contribution in [0.5, 0.6) is 5.88 Å². The minimum Gasteiger partial charge on any atom is -0.477 e. The van der Waals surface area contributed by atoms with Crippen LogP contribution in [0.15, 0.2) is 109 Å². The van der Waals surface area contributed by atoms with Gasteiger partial charge in [0.15, 0.2) is 11.5 Å². The topological polar surface area (TPSA) is 76.6 Å². The molecular formula is C31H24FN5O. The lowest BCUT2D eigenvalue weighted by molar-refractivity contribution is 0.328. The molecule has 3 aromatic heterocycles. The number of aromatic amines is 1. The summed E-state index contributed by atoms with van der Waals surface area (Å²) in [6, 6.07) is 35.2. The van der Waals surface area contributed by atoms with Gasteiger partial charge in [-0.1, -0.05) is 97.1 Å². The maximum atomic E-state index is 14.0. The molecule has 7 heteroatoms. The Morgan fingerprint density at radius 2 is 1.29 bits per heavy atom. The smallest absolute Gasteiger partial charge is 0.228 e. The summed E-state index contributed by atoms with van der Waals surface area (Å²) < 4.78 is 20.1. The first kappa shape index (κ1) is 23.5. The quantitative estimate of drug-likeness (QED) is 0.204. The van der Waals surface area contributed by atoms with Gasteiger partial charge < -0.3 is 4.74 Å². The molecular weight excluding hydrogens is 477 g/mol. The van der Waals surface area contributed by atoms with Crippen molar-refractivity contribution in [2.75, 3.05) is 6.61 Å². The molecule has 0 bridgehead atoms. The van der Waals surface area contributed by atoms with E-state index in [2.05, 4.69) is 51.6 Å². The molecule has 0 atom stereocenters. The van der Waals surface area contributed by atoms with Crippen LogP contribution in [0.3, 0.4) is 0 Å². The Hall–Kier alpha value is -4.91. The third kappa shape index (κ3) is 3.89. The molecule has 6 nitrogen and oxygen atoms in total. The largest absolute Gasteiger partial charge is 0.477 e. The Bertz CT molecular complexity index is 1590. The summed E-state index contributed by atoms with van der Waals surface area (Å²) in [5.41, 5.74) is 3.44. The Balaban J connectivity index is 1.71. The first-order valence-corrected chi connectivity index (χ1v) is 12.4. The van der Waals surface area contributed by atoms with Crippen molar-refractivity contribution in [2.24, 2.45) is 0 Å². The molecule has 0 amide bonds. The summed E-state index contributed by atoms with van der Waals surface area (Å²) in [5.74, 6) is 0.291. The lowest BCUT2D eigenvalue weighted by Crippen LogP contribution is -2.33. The molecule has 6 aromatic rings. The van der Waals surface area contributed by atoms with Crippen molar-refractivity contribution >= 4 is 11.0 Å². The van der Waals surface area contributed by atoms with Crippen molar-refractivity contribution in [3.05, 3.63) is 138 Å². The molecule has 3 aromatic carbocycles. The van der Waals surface area contributed by atoms with E-state index < -0.39 is 11.4 Å². The standard InChI is InChI=1S/C31H24FN5O/c1-2-38-29-26-27(24-19-12-20-25(32)33-24)36-37-28(26)34-30(35-29)31(21-13-6-3-7-14-21,22-15-8-4-9-16-22)23-17-10-5-11-18-23/h3-20H,2H2,1H3,(H,34,35,36,37). The van der Waals surface area contributed by atoms with Gasteiger partial charge in [-0.25, -0.2) is 9.97 Å². The Labute approximate surface area is 219 Å². The van der Waals surface area contributed by atoms with Gasteiger partial charge in [0.2, 0.25) is 11.8 Å². The van der Waals surface area contributed by atoms with Gasteiger partial charge in [0.05, 0.1) is 12.3 Å². The van der Waals surface area contributed by atoms with Crippen LogP contribution in [-0.4, -0.2) is 31.8 Å². The fourth-order valence-electron chi connectivity index (χ4n) is 4.99. The molecule has 186 valence electrons. The van der Waals surface area contributed by atoms with E-state index in [9.17, 15) is 4.39 Å². The lowest BCUT2D eigenvalue weighted by atomic mass is 9.68. The maximum Gasteiger partial charge on any atom is 0.228 e. The highest BCUT2D eigenvalue weighted by atomic mass is 19.1. The number of ether oxygens (including phenoxy) is 1. The fraction of sp³-hybridized carbons (Fsp3) is 0.0968. The fourth-order valence-corrected chi connectivity index (χ4v) is 4.99. The zero-order valence-corrected chi connectivity index (χ0v) is 20.7. The molecule has 0 saturated heterocycles. The Morgan fingerprint density at radius 3 is 1.82 bits per heavy atom. The second-order valence-electron chi connectivity index (χ2n) is 8.77. The molecule has 0 spiro atoms. The molecule has 0 aliphatic carbocycles. The molecule has 0 saturated carbocycles. The van der Waals surface area contributed by atoms with Crippen LogP contribution in [0, 0.1) is 5.95 Å². The highest BCUT2D eigenvalue weighted by Gasteiger charge is 2.42. The number of nitrogens with zero attached hydrogens (tertiary/aromatic N) is 4. The van der Waals surface area contributed by atoms with Gasteiger partial charge in [0, 0.05) is 0 Å². The van der Waals surface area contributed by atoms with E-state index in [-0.39, 0.29) is 0 Å². The number of halogens is 1. The average Bonchev–Trinajstić information content (AvgIpc) is 3.40. The molecule has 0 fully saturated rings. The van der Waals surface area contributed by atoms with E-state index in [1.54, 1.807) is 12.1 Å². The summed E-state index contributed by atoms with van der Waals surface area (Å²) in [7, 11) is 0. The van der Waals surface area contributed by atoms with E-state index in [0.29, 0.717) is 40.7 Å². The number of aromatic nitrogens is 5. The molecule has 0 aliphatic rings. The SMILES string of the molecule is CCOc1nc(C(c2ccccc2)(c2ccccc2)c2ccccc2)nc2[nH]nc(-c3cccc(F)n3)c12. The molecule has 0 radical (unpaired) electrons. The zero-order chi connectivity index (χ0) is 26.0. The first-order valence-electron chi connectivity index (χ1n) is 12.4. The first-order chi connectivity index (χ1) is 18.7. The van der Waals surface area contributed by atoms with Gasteiger partial charge in [-0.05, 0) is 35.7 Å². The summed E-state index contributed by atoms with van der Waals surface area (Å²) in [4.78, 5) is 14.1.